The van der Waals surface area contributed by atoms with Crippen LogP contribution in [0.25, 0.3) is 0 Å². The largest absolute Gasteiger partial charge is 0.431 e. The zero-order valence-corrected chi connectivity index (χ0v) is 8.72. The normalized spacial score (nSPS) is 26.1. The number of allylic oxidation sites excluding steroid dienone is 1. The van der Waals surface area contributed by atoms with Crippen LogP contribution < -0.4 is 0 Å². The molecule has 0 amide bonds. The predicted molar refractivity (Wildman–Crippen MR) is 52.1 cm³/mol. The van der Waals surface area contributed by atoms with Crippen molar-refractivity contribution in [2.24, 2.45) is 5.92 Å². The van der Waals surface area contributed by atoms with Crippen molar-refractivity contribution >= 4 is 5.97 Å². The van der Waals surface area contributed by atoms with Gasteiger partial charge in [0.05, 0.1) is 6.42 Å². The van der Waals surface area contributed by atoms with Crippen molar-refractivity contribution in [1.82, 2.24) is 0 Å². The SMILES string of the molecule is CC.CC1CCC2=C(C1)OC(=O)C2. The lowest BCUT2D eigenvalue weighted by molar-refractivity contribution is -0.136. The third-order valence-corrected chi connectivity index (χ3v) is 2.46. The summed E-state index contributed by atoms with van der Waals surface area (Å²) < 4.78 is 5.08. The van der Waals surface area contributed by atoms with E-state index in [2.05, 4.69) is 6.92 Å². The molecule has 13 heavy (non-hydrogen) atoms. The zero-order chi connectivity index (χ0) is 9.84. The van der Waals surface area contributed by atoms with E-state index in [-0.39, 0.29) is 5.97 Å². The molecule has 0 fully saturated rings. The Labute approximate surface area is 80.0 Å². The predicted octanol–water partition coefficient (Wildman–Crippen LogP) is 3.03. The lowest BCUT2D eigenvalue weighted by Gasteiger charge is -2.17. The van der Waals surface area contributed by atoms with Gasteiger partial charge in [0.2, 0.25) is 0 Å². The fraction of sp³-hybridized carbons (Fsp3) is 0.727. The Bertz CT molecular complexity index is 228. The van der Waals surface area contributed by atoms with E-state index in [0.29, 0.717) is 12.3 Å². The van der Waals surface area contributed by atoms with Crippen LogP contribution in [-0.4, -0.2) is 5.97 Å². The van der Waals surface area contributed by atoms with Gasteiger partial charge >= 0.3 is 5.97 Å². The van der Waals surface area contributed by atoms with Gasteiger partial charge in [0.25, 0.3) is 0 Å². The van der Waals surface area contributed by atoms with Gasteiger partial charge in [0.1, 0.15) is 5.76 Å². The van der Waals surface area contributed by atoms with Gasteiger partial charge in [-0.25, -0.2) is 0 Å². The second-order valence-electron chi connectivity index (χ2n) is 3.53. The third-order valence-electron chi connectivity index (χ3n) is 2.46. The first-order chi connectivity index (χ1) is 6.25. The molecular weight excluding hydrogens is 164 g/mol. The summed E-state index contributed by atoms with van der Waals surface area (Å²) in [7, 11) is 0. The highest BCUT2D eigenvalue weighted by Crippen LogP contribution is 2.35. The maximum atomic E-state index is 10.9. The Morgan fingerprint density at radius 3 is 2.77 bits per heavy atom. The molecule has 1 aliphatic heterocycles. The molecule has 1 atom stereocenters. The van der Waals surface area contributed by atoms with Crippen molar-refractivity contribution in [3.63, 3.8) is 0 Å². The number of hydrogen-bond donors (Lipinski definition) is 0. The number of carbonyl (C=O) groups is 1. The maximum Gasteiger partial charge on any atom is 0.315 e. The molecule has 0 saturated heterocycles. The van der Waals surface area contributed by atoms with Crippen LogP contribution in [0.1, 0.15) is 46.5 Å². The Kier molecular flexibility index (Phi) is 3.52. The van der Waals surface area contributed by atoms with Crippen LogP contribution in [0.15, 0.2) is 11.3 Å². The highest BCUT2D eigenvalue weighted by molar-refractivity contribution is 5.77. The van der Waals surface area contributed by atoms with Crippen LogP contribution in [0.4, 0.5) is 0 Å². The van der Waals surface area contributed by atoms with Crippen molar-refractivity contribution in [3.8, 4) is 0 Å². The van der Waals surface area contributed by atoms with E-state index in [0.717, 1.165) is 18.6 Å². The highest BCUT2D eigenvalue weighted by atomic mass is 16.5. The lowest BCUT2D eigenvalue weighted by Crippen LogP contribution is -2.04. The minimum atomic E-state index is -0.0518. The number of rotatable bonds is 0. The van der Waals surface area contributed by atoms with Crippen LogP contribution in [0.5, 0.6) is 0 Å². The number of ether oxygens (including phenoxy) is 1. The summed E-state index contributed by atoms with van der Waals surface area (Å²) in [5, 5.41) is 0. The van der Waals surface area contributed by atoms with Gasteiger partial charge in [-0.15, -0.1) is 0 Å². The Hall–Kier alpha value is -0.790. The van der Waals surface area contributed by atoms with Crippen LogP contribution in [0, 0.1) is 5.92 Å². The fourth-order valence-corrected chi connectivity index (χ4v) is 1.77. The fourth-order valence-electron chi connectivity index (χ4n) is 1.77. The second-order valence-corrected chi connectivity index (χ2v) is 3.53. The molecule has 2 nitrogen and oxygen atoms in total. The zero-order valence-electron chi connectivity index (χ0n) is 8.72. The third kappa shape index (κ3) is 2.33. The Morgan fingerprint density at radius 2 is 2.08 bits per heavy atom. The minimum Gasteiger partial charge on any atom is -0.431 e. The molecule has 0 radical (unpaired) electrons. The smallest absolute Gasteiger partial charge is 0.315 e. The lowest BCUT2D eigenvalue weighted by atomic mass is 9.89. The first-order valence-electron chi connectivity index (χ1n) is 5.17. The van der Waals surface area contributed by atoms with Crippen molar-refractivity contribution in [2.75, 3.05) is 0 Å². The standard InChI is InChI=1S/C9H12O2.C2H6/c1-6-2-3-7-5-9(10)11-8(7)4-6;1-2/h6H,2-5H2,1H3;1-2H3. The molecule has 2 rings (SSSR count). The van der Waals surface area contributed by atoms with Gasteiger partial charge in [-0.2, -0.15) is 0 Å². The molecule has 1 heterocycles. The van der Waals surface area contributed by atoms with Gasteiger partial charge < -0.3 is 4.74 Å². The molecule has 1 unspecified atom stereocenters. The molecule has 0 aromatic heterocycles. The summed E-state index contributed by atoms with van der Waals surface area (Å²) in [5.74, 6) is 1.62. The van der Waals surface area contributed by atoms with E-state index in [4.69, 9.17) is 4.74 Å². The van der Waals surface area contributed by atoms with Gasteiger partial charge in [-0.3, -0.25) is 4.79 Å². The van der Waals surface area contributed by atoms with Crippen LogP contribution in [0.2, 0.25) is 0 Å². The molecule has 2 aliphatic rings. The van der Waals surface area contributed by atoms with Crippen molar-refractivity contribution in [2.45, 2.75) is 46.5 Å². The van der Waals surface area contributed by atoms with Crippen LogP contribution in [-0.2, 0) is 9.53 Å². The molecule has 0 saturated carbocycles. The van der Waals surface area contributed by atoms with E-state index in [1.54, 1.807) is 0 Å². The topological polar surface area (TPSA) is 26.3 Å². The number of hydrogen-bond acceptors (Lipinski definition) is 2. The first kappa shape index (κ1) is 10.3. The minimum absolute atomic E-state index is 0.0518. The summed E-state index contributed by atoms with van der Waals surface area (Å²) in [4.78, 5) is 10.9. The molecule has 0 spiro atoms. The first-order valence-corrected chi connectivity index (χ1v) is 5.17. The summed E-state index contributed by atoms with van der Waals surface area (Å²) in [6.07, 6.45) is 3.82. The Balaban J connectivity index is 0.000000396. The molecule has 1 aliphatic carbocycles. The van der Waals surface area contributed by atoms with Gasteiger partial charge in [-0.1, -0.05) is 20.8 Å². The van der Waals surface area contributed by atoms with Crippen molar-refractivity contribution in [1.29, 1.82) is 0 Å². The van der Waals surface area contributed by atoms with E-state index < -0.39 is 0 Å². The van der Waals surface area contributed by atoms with E-state index >= 15 is 0 Å². The van der Waals surface area contributed by atoms with E-state index in [1.807, 2.05) is 13.8 Å². The van der Waals surface area contributed by atoms with Crippen LogP contribution >= 0.6 is 0 Å². The average molecular weight is 182 g/mol. The second kappa shape index (κ2) is 4.45. The summed E-state index contributed by atoms with van der Waals surface area (Å²) >= 11 is 0. The van der Waals surface area contributed by atoms with Crippen molar-refractivity contribution in [3.05, 3.63) is 11.3 Å². The molecule has 74 valence electrons. The summed E-state index contributed by atoms with van der Waals surface area (Å²) in [6, 6.07) is 0. The Morgan fingerprint density at radius 1 is 1.38 bits per heavy atom. The summed E-state index contributed by atoms with van der Waals surface area (Å²) in [5.41, 5.74) is 1.26. The van der Waals surface area contributed by atoms with Gasteiger partial charge in [0, 0.05) is 6.42 Å². The van der Waals surface area contributed by atoms with Crippen molar-refractivity contribution < 1.29 is 9.53 Å². The van der Waals surface area contributed by atoms with E-state index in [1.165, 1.54) is 12.0 Å². The quantitative estimate of drug-likeness (QED) is 0.538. The molecule has 2 heteroatoms. The monoisotopic (exact) mass is 182 g/mol. The molecule has 0 bridgehead atoms. The number of esters is 1. The average Bonchev–Trinajstić information content (AvgIpc) is 2.48. The van der Waals surface area contributed by atoms with E-state index in [9.17, 15) is 4.79 Å². The summed E-state index contributed by atoms with van der Waals surface area (Å²) in [6.45, 7) is 6.20. The molecule has 0 N–H and O–H groups in total. The van der Waals surface area contributed by atoms with Gasteiger partial charge in [0.15, 0.2) is 0 Å². The van der Waals surface area contributed by atoms with Crippen LogP contribution in [0.3, 0.4) is 0 Å². The maximum absolute atomic E-state index is 10.9. The molecule has 0 aromatic carbocycles. The number of carbonyl (C=O) groups excluding carboxylic acids is 1. The molecular formula is C11H18O2. The van der Waals surface area contributed by atoms with Gasteiger partial charge in [-0.05, 0) is 24.3 Å². The highest BCUT2D eigenvalue weighted by Gasteiger charge is 2.28. The molecule has 0 aromatic rings.